The van der Waals surface area contributed by atoms with Gasteiger partial charge in [0.25, 0.3) is 57.3 Å². The molecule has 14 N–H and O–H groups in total. The fourth-order valence-corrected chi connectivity index (χ4v) is 14.4. The van der Waals surface area contributed by atoms with Gasteiger partial charge in [-0.2, -0.15) is 13.2 Å². The lowest BCUT2D eigenvalue weighted by molar-refractivity contribution is -0.142. The van der Waals surface area contributed by atoms with Gasteiger partial charge < -0.3 is 101 Å². The van der Waals surface area contributed by atoms with Crippen molar-refractivity contribution >= 4 is 135 Å². The normalized spacial score (nSPS) is 12.0. The van der Waals surface area contributed by atoms with Crippen molar-refractivity contribution in [1.82, 2.24) is 55.2 Å². The minimum Gasteiger partial charge on any atom is -0.506 e. The first-order chi connectivity index (χ1) is 63.5. The number of amides is 5. The van der Waals surface area contributed by atoms with Gasteiger partial charge in [0.2, 0.25) is 0 Å². The largest absolute Gasteiger partial charge is 0.506 e. The molecule has 13 rings (SSSR count). The molecule has 8 heterocycles. The summed E-state index contributed by atoms with van der Waals surface area (Å²) < 4.78 is 48.1. The second-order valence-corrected chi connectivity index (χ2v) is 31.4. The number of esters is 1. The smallest absolute Gasteiger partial charge is 0.433 e. The van der Waals surface area contributed by atoms with E-state index in [-0.39, 0.29) is 53.2 Å². The van der Waals surface area contributed by atoms with E-state index in [4.69, 9.17) is 49.4 Å². The number of aliphatic carboxylic acids is 4. The monoisotopic (exact) mass is 1890 g/mol. The molecule has 11 aromatic rings. The molecular formula is C87H94F3N11O30S2. The summed E-state index contributed by atoms with van der Waals surface area (Å²) in [6, 6.07) is 24.0. The van der Waals surface area contributed by atoms with Gasteiger partial charge in [0, 0.05) is 27.9 Å². The summed E-state index contributed by atoms with van der Waals surface area (Å²) in [5.74, 6) is -12.4. The molecule has 133 heavy (non-hydrogen) atoms. The summed E-state index contributed by atoms with van der Waals surface area (Å²) in [5, 5.41) is 101. The van der Waals surface area contributed by atoms with Crippen LogP contribution in [-0.4, -0.2) is 199 Å². The molecule has 0 atom stereocenters. The van der Waals surface area contributed by atoms with Crippen LogP contribution in [0.3, 0.4) is 0 Å². The quantitative estimate of drug-likeness (QED) is 0.0141. The van der Waals surface area contributed by atoms with Crippen molar-refractivity contribution in [2.45, 2.75) is 130 Å². The maximum atomic E-state index is 12.9. The second kappa shape index (κ2) is 47.4. The number of carbonyl (C=O) groups excluding carboxylic acids is 6. The summed E-state index contributed by atoms with van der Waals surface area (Å²) in [6.45, 7) is 5.44. The van der Waals surface area contributed by atoms with Gasteiger partial charge in [-0.1, -0.05) is 95.3 Å². The average Bonchev–Trinajstić information content (AvgIpc) is 1.76. The zero-order chi connectivity index (χ0) is 97.1. The van der Waals surface area contributed by atoms with E-state index in [1.54, 1.807) is 78.3 Å². The van der Waals surface area contributed by atoms with E-state index in [9.17, 15) is 111 Å². The molecule has 0 spiro atoms. The number of para-hydroxylation sites is 3. The highest BCUT2D eigenvalue weighted by atomic mass is 32.1. The predicted molar refractivity (Wildman–Crippen MR) is 472 cm³/mol. The number of nitrogens with one attached hydrogen (secondary N) is 5. The maximum Gasteiger partial charge on any atom is 0.433 e. The number of unbranched alkanes of at least 4 members (excludes halogenated alkanes) is 4. The molecule has 0 saturated heterocycles. The number of thiophene rings is 2. The number of hydrogen-bond donors (Lipinski definition) is 14. The van der Waals surface area contributed by atoms with Crippen LogP contribution in [0.5, 0.6) is 28.7 Å². The highest BCUT2D eigenvalue weighted by Crippen LogP contribution is 2.36. The predicted octanol–water partition coefficient (Wildman–Crippen LogP) is 6.73. The van der Waals surface area contributed by atoms with Crippen LogP contribution in [0, 0.1) is 11.8 Å². The molecule has 3 aromatic carbocycles. The maximum absolute atomic E-state index is 12.9. The van der Waals surface area contributed by atoms with Gasteiger partial charge in [0.05, 0.1) is 32.6 Å². The van der Waals surface area contributed by atoms with E-state index in [0.717, 1.165) is 132 Å². The summed E-state index contributed by atoms with van der Waals surface area (Å²) in [5.41, 5.74) is -6.44. The SMILES string of the molecule is CCCC(CCC)On1c(=O)c(C(=O)NCC(=O)O)c(O)c2ccccc21.CCCCCCCOn1c(=O)c(C(=O)NCC(=O)O)c(O)c2ccccc21.CCOC(=O)CNC(=O)c1c(O)c2sccc2n(OCC2CC2)c1=O.O=C(O)CNC(=O)c1c(O)c2ccccc2n(OCc2ccc(C(F)(F)F)nc2)c1=O.O=C(O)CNC(=O)c1c(O)c2sccc2n(OCC2CC2)c1=O. The Morgan fingerprint density at radius 3 is 1.14 bits per heavy atom. The standard InChI is InChI=1S/C19H14F3N3O6.2C19H24N2O6.C16H18N2O6S.C14H14N2O6S/c20-19(21,22)13-6-5-10(7-23-13)9-31-25-12-4-2-1-3-11(12)16(28)15(18(25)30)17(29)24-8-14(26)27;1-3-7-12(8-4-2)27-21-14-10-6-5-9-13(14)17(24)16(19(21)26)18(25)20-11-15(22)23;1-2-3-4-5-8-11-27-21-14-10-7-6-9-13(14)17(24)16(19(21)26)18(25)20-12-15(22)23;1-2-23-11(19)7-17-15(21)12-13(20)14-10(5-6-25-14)18(16(12)22)24-8-9-3-4-9;17-9(18)5-15-13(20)10-11(19)12-8(3-4-23-12)16(14(10)21)22-6-7-1-2-7/h1-7,28H,8-9H2,(H,24,29)(H,26,27);5-6,9-10,12,24H,3-4,7-8,11H2,1-2H3,(H,20,25)(H,22,23);6-7,9-10,24H,2-5,8,11-12H2,1H3,(H,20,25)(H,22,23);5-6,9,20H,2-4,7-8H2,1H3,(H,17,21);3-4,7,19H,1-2,5-6H2,(H,15,20)(H,17,18). The van der Waals surface area contributed by atoms with Gasteiger partial charge in [0.1, 0.15) is 99.2 Å². The third kappa shape index (κ3) is 26.5. The van der Waals surface area contributed by atoms with Crippen molar-refractivity contribution in [1.29, 1.82) is 0 Å². The zero-order valence-electron chi connectivity index (χ0n) is 71.7. The van der Waals surface area contributed by atoms with Gasteiger partial charge in [-0.25, -0.2) is 0 Å². The molecule has 0 radical (unpaired) electrons. The molecular weight excluding hydrogens is 1800 g/mol. The van der Waals surface area contributed by atoms with E-state index in [0.29, 0.717) is 61.2 Å². The lowest BCUT2D eigenvalue weighted by Crippen LogP contribution is -2.40. The first-order valence-electron chi connectivity index (χ1n) is 41.4. The van der Waals surface area contributed by atoms with Crippen molar-refractivity contribution < 1.29 is 136 Å². The summed E-state index contributed by atoms with van der Waals surface area (Å²) in [4.78, 5) is 210. The number of carboxylic acids is 4. The number of alkyl halides is 3. The molecule has 2 saturated carbocycles. The van der Waals surface area contributed by atoms with Crippen LogP contribution in [0.25, 0.3) is 53.1 Å². The molecule has 2 aliphatic carbocycles. The number of hydrogen-bond acceptors (Lipinski definition) is 29. The number of pyridine rings is 6. The molecule has 0 bridgehead atoms. The number of benzene rings is 3. The lowest BCUT2D eigenvalue weighted by atomic mass is 10.1. The molecule has 8 aromatic heterocycles. The third-order valence-electron chi connectivity index (χ3n) is 19.6. The highest BCUT2D eigenvalue weighted by Gasteiger charge is 2.35. The Labute approximate surface area is 757 Å². The van der Waals surface area contributed by atoms with Crippen LogP contribution in [0.1, 0.15) is 174 Å². The van der Waals surface area contributed by atoms with Crippen molar-refractivity contribution in [3.8, 4) is 28.7 Å². The first-order valence-corrected chi connectivity index (χ1v) is 43.2. The van der Waals surface area contributed by atoms with Gasteiger partial charge in [-0.15, -0.1) is 46.3 Å². The summed E-state index contributed by atoms with van der Waals surface area (Å²) in [6.07, 6.45) is 8.50. The molecule has 710 valence electrons. The molecule has 0 unspecified atom stereocenters. The number of carboxylic acid groups (broad SMARTS) is 4. The van der Waals surface area contributed by atoms with Crippen molar-refractivity contribution in [3.05, 3.63) is 205 Å². The molecule has 41 nitrogen and oxygen atoms in total. The number of rotatable bonds is 38. The van der Waals surface area contributed by atoms with Crippen molar-refractivity contribution in [2.24, 2.45) is 11.8 Å². The highest BCUT2D eigenvalue weighted by molar-refractivity contribution is 7.17. The van der Waals surface area contributed by atoms with Gasteiger partial charge >= 0.3 is 36.0 Å². The Hall–Kier alpha value is -15.3. The lowest BCUT2D eigenvalue weighted by Gasteiger charge is -2.21. The van der Waals surface area contributed by atoms with Crippen molar-refractivity contribution in [2.75, 3.05) is 59.2 Å². The van der Waals surface area contributed by atoms with Crippen LogP contribution in [0.15, 0.2) is 138 Å². The van der Waals surface area contributed by atoms with Crippen LogP contribution >= 0.6 is 22.7 Å². The van der Waals surface area contributed by atoms with Gasteiger partial charge in [-0.3, -0.25) is 76.9 Å². The van der Waals surface area contributed by atoms with Gasteiger partial charge in [-0.05, 0) is 135 Å². The van der Waals surface area contributed by atoms with Gasteiger partial charge in [0.15, 0.2) is 39.3 Å². The third-order valence-corrected chi connectivity index (χ3v) is 21.4. The van der Waals surface area contributed by atoms with Crippen LogP contribution in [0.4, 0.5) is 13.2 Å². The van der Waals surface area contributed by atoms with Crippen molar-refractivity contribution in [3.63, 3.8) is 0 Å². The fraction of sp³-hybridized carbons (Fsp3) is 0.356. The Bertz CT molecular complexity index is 6450. The minimum atomic E-state index is -4.61. The Kier molecular flexibility index (Phi) is 36.1. The number of halogens is 3. The molecule has 2 aliphatic rings. The van der Waals surface area contributed by atoms with E-state index < -0.39 is 188 Å². The molecule has 46 heteroatoms. The Morgan fingerprint density at radius 2 is 0.782 bits per heavy atom. The first kappa shape index (κ1) is 101. The van der Waals surface area contributed by atoms with E-state index >= 15 is 0 Å². The molecule has 0 aliphatic heterocycles. The molecule has 2 fully saturated rings. The zero-order valence-corrected chi connectivity index (χ0v) is 73.3. The molecule has 5 amide bonds. The van der Waals surface area contributed by atoms with E-state index in [1.165, 1.54) is 35.6 Å². The van der Waals surface area contributed by atoms with E-state index in [2.05, 4.69) is 33.2 Å². The topological polar surface area (TPSA) is 591 Å². The number of aromatic hydroxyl groups is 5. The number of nitrogens with zero attached hydrogens (tertiary/aromatic N) is 6. The number of aromatic nitrogens is 6. The fourth-order valence-electron chi connectivity index (χ4n) is 12.7. The van der Waals surface area contributed by atoms with Crippen LogP contribution in [0.2, 0.25) is 0 Å². The summed E-state index contributed by atoms with van der Waals surface area (Å²) in [7, 11) is 0. The van der Waals surface area contributed by atoms with E-state index in [1.807, 2.05) is 19.2 Å². The van der Waals surface area contributed by atoms with Crippen LogP contribution < -0.4 is 78.6 Å². The minimum absolute atomic E-state index is 0.0631. The second-order valence-electron chi connectivity index (χ2n) is 29.6. The number of carbonyl (C=O) groups is 10. The number of ether oxygens (including phenoxy) is 1. The van der Waals surface area contributed by atoms with Crippen LogP contribution in [-0.2, 0) is 41.5 Å². The Balaban J connectivity index is 0.000000187. The summed E-state index contributed by atoms with van der Waals surface area (Å²) >= 11 is 2.35. The Morgan fingerprint density at radius 1 is 0.429 bits per heavy atom. The average molecular weight is 1890 g/mol. The number of fused-ring (bicyclic) bond motifs is 5.